The van der Waals surface area contributed by atoms with Gasteiger partial charge < -0.3 is 0 Å². The maximum Gasteiger partial charge on any atom is 0.330 e. The van der Waals surface area contributed by atoms with Gasteiger partial charge >= 0.3 is 5.65 Å². The van der Waals surface area contributed by atoms with Gasteiger partial charge in [0.1, 0.15) is 5.69 Å². The van der Waals surface area contributed by atoms with Crippen molar-refractivity contribution < 1.29 is 4.57 Å². The summed E-state index contributed by atoms with van der Waals surface area (Å²) >= 11 is 0. The lowest BCUT2D eigenvalue weighted by Crippen LogP contribution is -2.33. The van der Waals surface area contributed by atoms with Crippen molar-refractivity contribution in [2.24, 2.45) is 7.05 Å². The van der Waals surface area contributed by atoms with Crippen LogP contribution in [0.3, 0.4) is 0 Å². The third kappa shape index (κ3) is 2.74. The van der Waals surface area contributed by atoms with E-state index in [2.05, 4.69) is 82.6 Å². The zero-order chi connectivity index (χ0) is 16.7. The molecule has 0 bridgehead atoms. The number of pyridine rings is 2. The molecule has 2 aromatic heterocycles. The van der Waals surface area contributed by atoms with E-state index in [9.17, 15) is 0 Å². The van der Waals surface area contributed by atoms with Crippen LogP contribution in [0.4, 0.5) is 0 Å². The molecule has 0 unspecified atom stereocenters. The van der Waals surface area contributed by atoms with Crippen LogP contribution in [0.15, 0.2) is 36.4 Å². The van der Waals surface area contributed by atoms with Gasteiger partial charge in [0.2, 0.25) is 0 Å². The number of aryl methyl sites for hydroxylation is 3. The van der Waals surface area contributed by atoms with Gasteiger partial charge in [0.15, 0.2) is 5.69 Å². The lowest BCUT2D eigenvalue weighted by molar-refractivity contribution is -0.635. The summed E-state index contributed by atoms with van der Waals surface area (Å²) in [5, 5.41) is 1.18. The van der Waals surface area contributed by atoms with E-state index < -0.39 is 0 Å². The fourth-order valence-electron chi connectivity index (χ4n) is 3.16. The normalized spacial score (nSPS) is 11.4. The zero-order valence-electron chi connectivity index (χ0n) is 14.9. The molecule has 0 atom stereocenters. The van der Waals surface area contributed by atoms with E-state index in [-0.39, 0.29) is 0 Å². The molecule has 2 heterocycles. The Kier molecular flexibility index (Phi) is 3.93. The molecule has 0 fully saturated rings. The third-order valence-corrected chi connectivity index (χ3v) is 4.71. The van der Waals surface area contributed by atoms with Crippen molar-refractivity contribution in [3.63, 3.8) is 0 Å². The molecule has 0 N–H and O–H groups in total. The first-order valence-electron chi connectivity index (χ1n) is 8.26. The molecule has 2 nitrogen and oxygen atoms in total. The maximum absolute atomic E-state index is 4.90. The molecule has 23 heavy (non-hydrogen) atoms. The van der Waals surface area contributed by atoms with Gasteiger partial charge in [-0.05, 0) is 67.2 Å². The Labute approximate surface area is 138 Å². The van der Waals surface area contributed by atoms with Crippen molar-refractivity contribution in [2.45, 2.75) is 40.5 Å². The molecule has 0 amide bonds. The van der Waals surface area contributed by atoms with Crippen molar-refractivity contribution in [1.82, 2.24) is 4.98 Å². The second-order valence-electron chi connectivity index (χ2n) is 6.84. The van der Waals surface area contributed by atoms with E-state index >= 15 is 0 Å². The molecule has 118 valence electrons. The number of fused-ring (bicyclic) bond motifs is 1. The Bertz CT molecular complexity index is 892. The highest BCUT2D eigenvalue weighted by Gasteiger charge is 2.18. The molecule has 0 radical (unpaired) electrons. The monoisotopic (exact) mass is 305 g/mol. The van der Waals surface area contributed by atoms with Gasteiger partial charge in [-0.25, -0.2) is 4.57 Å². The van der Waals surface area contributed by atoms with Gasteiger partial charge in [0.05, 0.1) is 12.4 Å². The van der Waals surface area contributed by atoms with E-state index in [4.69, 9.17) is 4.98 Å². The summed E-state index contributed by atoms with van der Waals surface area (Å²) in [5.41, 5.74) is 8.68. The van der Waals surface area contributed by atoms with Gasteiger partial charge in [-0.1, -0.05) is 25.5 Å². The van der Waals surface area contributed by atoms with Crippen LogP contribution < -0.4 is 4.57 Å². The van der Waals surface area contributed by atoms with Crippen LogP contribution >= 0.6 is 0 Å². The summed E-state index contributed by atoms with van der Waals surface area (Å²) in [5.74, 6) is 0.436. The van der Waals surface area contributed by atoms with Gasteiger partial charge in [-0.3, -0.25) is 0 Å². The lowest BCUT2D eigenvalue weighted by atomic mass is 9.97. The molecule has 0 saturated carbocycles. The first kappa shape index (κ1) is 15.7. The van der Waals surface area contributed by atoms with Crippen LogP contribution in [0.25, 0.3) is 22.3 Å². The second kappa shape index (κ2) is 5.77. The van der Waals surface area contributed by atoms with Gasteiger partial charge in [-0.15, -0.1) is 0 Å². The second-order valence-corrected chi connectivity index (χ2v) is 6.84. The van der Waals surface area contributed by atoms with Crippen LogP contribution in [0.2, 0.25) is 0 Å². The quantitative estimate of drug-likeness (QED) is 0.623. The molecular weight excluding hydrogens is 280 g/mol. The molecule has 1 aromatic carbocycles. The van der Waals surface area contributed by atoms with Gasteiger partial charge in [-0.2, -0.15) is 0 Å². The van der Waals surface area contributed by atoms with Crippen LogP contribution in [-0.2, 0) is 7.05 Å². The van der Waals surface area contributed by atoms with Crippen molar-refractivity contribution in [3.8, 4) is 11.3 Å². The number of benzene rings is 1. The summed E-state index contributed by atoms with van der Waals surface area (Å²) in [6.45, 7) is 10.9. The molecule has 0 aliphatic heterocycles. The molecular formula is C21H25N2+. The number of aromatic nitrogens is 2. The van der Waals surface area contributed by atoms with Gasteiger partial charge in [0, 0.05) is 11.5 Å². The Hall–Kier alpha value is -2.22. The SMILES string of the molecule is Cc1cc(C)c(C)c(-c2ccc3ccc(C(C)C)nc3[n+]2C)c1. The summed E-state index contributed by atoms with van der Waals surface area (Å²) < 4.78 is 2.22. The minimum absolute atomic E-state index is 0.436. The highest BCUT2D eigenvalue weighted by molar-refractivity contribution is 5.75. The van der Waals surface area contributed by atoms with Crippen LogP contribution in [0.1, 0.15) is 42.1 Å². The average molecular weight is 305 g/mol. The van der Waals surface area contributed by atoms with Crippen LogP contribution in [0, 0.1) is 20.8 Å². The predicted molar refractivity (Wildman–Crippen MR) is 96.7 cm³/mol. The predicted octanol–water partition coefficient (Wildman–Crippen LogP) is 4.77. The zero-order valence-corrected chi connectivity index (χ0v) is 14.9. The summed E-state index contributed by atoms with van der Waals surface area (Å²) in [7, 11) is 2.12. The highest BCUT2D eigenvalue weighted by Crippen LogP contribution is 2.26. The molecule has 3 rings (SSSR count). The Morgan fingerprint density at radius 2 is 1.65 bits per heavy atom. The summed E-state index contributed by atoms with van der Waals surface area (Å²) in [6.07, 6.45) is 0. The van der Waals surface area contributed by atoms with Crippen molar-refractivity contribution >= 4 is 11.0 Å². The van der Waals surface area contributed by atoms with Crippen LogP contribution in [0.5, 0.6) is 0 Å². The topological polar surface area (TPSA) is 16.8 Å². The van der Waals surface area contributed by atoms with E-state index in [0.717, 1.165) is 11.3 Å². The molecule has 0 spiro atoms. The van der Waals surface area contributed by atoms with Gasteiger partial charge in [0.25, 0.3) is 0 Å². The minimum Gasteiger partial charge on any atom is -0.226 e. The van der Waals surface area contributed by atoms with E-state index in [1.807, 2.05) is 0 Å². The third-order valence-electron chi connectivity index (χ3n) is 4.71. The fourth-order valence-corrected chi connectivity index (χ4v) is 3.16. The maximum atomic E-state index is 4.90. The standard InChI is InChI=1S/C21H25N2/c1-13(2)19-9-7-17-8-10-20(23(6)21(17)22-19)18-12-14(3)11-15(4)16(18)5/h7-13H,1-6H3/q+1. The minimum atomic E-state index is 0.436. The van der Waals surface area contributed by atoms with Crippen molar-refractivity contribution in [3.05, 3.63) is 58.8 Å². The van der Waals surface area contributed by atoms with Crippen molar-refractivity contribution in [2.75, 3.05) is 0 Å². The number of hydrogen-bond donors (Lipinski definition) is 0. The fraction of sp³-hybridized carbons (Fsp3) is 0.333. The molecule has 2 heteroatoms. The number of nitrogens with zero attached hydrogens (tertiary/aromatic N) is 2. The molecule has 0 aliphatic rings. The average Bonchev–Trinajstić information content (AvgIpc) is 2.51. The first-order valence-corrected chi connectivity index (χ1v) is 8.26. The Morgan fingerprint density at radius 1 is 0.957 bits per heavy atom. The highest BCUT2D eigenvalue weighted by atomic mass is 15.0. The van der Waals surface area contributed by atoms with E-state index in [0.29, 0.717) is 5.92 Å². The Balaban J connectivity index is 2.29. The molecule has 3 aromatic rings. The van der Waals surface area contributed by atoms with Crippen molar-refractivity contribution in [1.29, 1.82) is 0 Å². The van der Waals surface area contributed by atoms with E-state index in [1.165, 1.54) is 33.3 Å². The smallest absolute Gasteiger partial charge is 0.226 e. The Morgan fingerprint density at radius 3 is 2.35 bits per heavy atom. The number of hydrogen-bond acceptors (Lipinski definition) is 1. The summed E-state index contributed by atoms with van der Waals surface area (Å²) in [4.78, 5) is 4.90. The van der Waals surface area contributed by atoms with Crippen LogP contribution in [-0.4, -0.2) is 4.98 Å². The first-order chi connectivity index (χ1) is 10.9. The lowest BCUT2D eigenvalue weighted by Gasteiger charge is -2.12. The largest absolute Gasteiger partial charge is 0.330 e. The van der Waals surface area contributed by atoms with E-state index in [1.54, 1.807) is 0 Å². The summed E-state index contributed by atoms with van der Waals surface area (Å²) in [6, 6.07) is 13.2. The molecule has 0 saturated heterocycles. The number of rotatable bonds is 2. The molecule has 0 aliphatic carbocycles.